The number of benzene rings is 1. The molecule has 0 aromatic heterocycles. The van der Waals surface area contributed by atoms with E-state index in [2.05, 4.69) is 16.8 Å². The Labute approximate surface area is 101 Å². The summed E-state index contributed by atoms with van der Waals surface area (Å²) in [6.45, 7) is 4.26. The van der Waals surface area contributed by atoms with Gasteiger partial charge in [0.05, 0.1) is 6.54 Å². The Morgan fingerprint density at radius 3 is 2.35 bits per heavy atom. The fourth-order valence-corrected chi connectivity index (χ4v) is 1.94. The first-order valence-corrected chi connectivity index (χ1v) is 5.85. The van der Waals surface area contributed by atoms with E-state index < -0.39 is 0 Å². The Bertz CT molecular complexity index is 383. The van der Waals surface area contributed by atoms with Crippen LogP contribution in [0.2, 0.25) is 0 Å². The second-order valence-electron chi connectivity index (χ2n) is 4.51. The zero-order valence-corrected chi connectivity index (χ0v) is 10.0. The molecule has 0 bridgehead atoms. The number of rotatable bonds is 3. The van der Waals surface area contributed by atoms with Gasteiger partial charge in [0.15, 0.2) is 5.78 Å². The van der Waals surface area contributed by atoms with Crippen molar-refractivity contribution in [3.63, 3.8) is 0 Å². The molecule has 0 atom stereocenters. The third kappa shape index (κ3) is 3.35. The van der Waals surface area contributed by atoms with Crippen molar-refractivity contribution < 1.29 is 9.18 Å². The van der Waals surface area contributed by atoms with Crippen LogP contribution >= 0.6 is 0 Å². The molecule has 1 aliphatic rings. The fourth-order valence-electron chi connectivity index (χ4n) is 1.94. The first-order valence-electron chi connectivity index (χ1n) is 5.85. The first kappa shape index (κ1) is 12.2. The second kappa shape index (κ2) is 5.38. The molecular weight excluding hydrogens is 219 g/mol. The van der Waals surface area contributed by atoms with Gasteiger partial charge in [-0.1, -0.05) is 0 Å². The highest BCUT2D eigenvalue weighted by Gasteiger charge is 2.17. The highest BCUT2D eigenvalue weighted by atomic mass is 19.1. The van der Waals surface area contributed by atoms with Crippen molar-refractivity contribution in [1.29, 1.82) is 0 Å². The van der Waals surface area contributed by atoms with E-state index in [9.17, 15) is 9.18 Å². The van der Waals surface area contributed by atoms with Gasteiger partial charge in [0.2, 0.25) is 0 Å². The lowest BCUT2D eigenvalue weighted by Crippen LogP contribution is -2.46. The van der Waals surface area contributed by atoms with Crippen molar-refractivity contribution in [3.8, 4) is 0 Å². The topological polar surface area (TPSA) is 23.6 Å². The van der Waals surface area contributed by atoms with Crippen LogP contribution in [0.5, 0.6) is 0 Å². The maximum Gasteiger partial charge on any atom is 0.176 e. The zero-order chi connectivity index (χ0) is 12.3. The standard InChI is InChI=1S/C13H17FN2O/c1-15-6-8-16(9-7-15)10-13(17)11-2-4-12(14)5-3-11/h2-5H,6-10H2,1H3. The van der Waals surface area contributed by atoms with Gasteiger partial charge in [-0.2, -0.15) is 0 Å². The Hall–Kier alpha value is -1.26. The number of piperazine rings is 1. The average Bonchev–Trinajstić information content (AvgIpc) is 2.33. The number of carbonyl (C=O) groups excluding carboxylic acids is 1. The van der Waals surface area contributed by atoms with Crippen molar-refractivity contribution in [3.05, 3.63) is 35.6 Å². The van der Waals surface area contributed by atoms with Crippen molar-refractivity contribution in [1.82, 2.24) is 9.80 Å². The summed E-state index contributed by atoms with van der Waals surface area (Å²) in [5.41, 5.74) is 0.588. The maximum absolute atomic E-state index is 12.7. The van der Waals surface area contributed by atoms with Gasteiger partial charge in [0.25, 0.3) is 0 Å². The van der Waals surface area contributed by atoms with Crippen LogP contribution in [-0.2, 0) is 0 Å². The van der Waals surface area contributed by atoms with Gasteiger partial charge >= 0.3 is 0 Å². The van der Waals surface area contributed by atoms with Crippen LogP contribution in [0.1, 0.15) is 10.4 Å². The fraction of sp³-hybridized carbons (Fsp3) is 0.462. The minimum absolute atomic E-state index is 0.0644. The Morgan fingerprint density at radius 1 is 1.18 bits per heavy atom. The number of Topliss-reactive ketones (excluding diaryl/α,β-unsaturated/α-hetero) is 1. The van der Waals surface area contributed by atoms with Gasteiger partial charge in [-0.15, -0.1) is 0 Å². The van der Waals surface area contributed by atoms with E-state index >= 15 is 0 Å². The SMILES string of the molecule is CN1CCN(CC(=O)c2ccc(F)cc2)CC1. The molecule has 0 saturated carbocycles. The van der Waals surface area contributed by atoms with E-state index in [0.29, 0.717) is 12.1 Å². The van der Waals surface area contributed by atoms with E-state index in [0.717, 1.165) is 26.2 Å². The lowest BCUT2D eigenvalue weighted by Gasteiger charge is -2.31. The molecule has 0 aliphatic carbocycles. The largest absolute Gasteiger partial charge is 0.304 e. The molecule has 1 heterocycles. The number of hydrogen-bond acceptors (Lipinski definition) is 3. The van der Waals surface area contributed by atoms with E-state index in [4.69, 9.17) is 0 Å². The van der Waals surface area contributed by atoms with Crippen molar-refractivity contribution >= 4 is 5.78 Å². The molecule has 1 fully saturated rings. The van der Waals surface area contributed by atoms with E-state index in [1.807, 2.05) is 0 Å². The predicted octanol–water partition coefficient (Wildman–Crippen LogP) is 1.26. The lowest BCUT2D eigenvalue weighted by molar-refractivity contribution is 0.0876. The molecular formula is C13H17FN2O. The number of ketones is 1. The molecule has 4 heteroatoms. The minimum Gasteiger partial charge on any atom is -0.304 e. The van der Waals surface area contributed by atoms with Crippen molar-refractivity contribution in [2.45, 2.75) is 0 Å². The molecule has 0 amide bonds. The van der Waals surface area contributed by atoms with Crippen LogP contribution < -0.4 is 0 Å². The van der Waals surface area contributed by atoms with Gasteiger partial charge in [-0.05, 0) is 31.3 Å². The van der Waals surface area contributed by atoms with Crippen LogP contribution in [0.15, 0.2) is 24.3 Å². The van der Waals surface area contributed by atoms with Crippen LogP contribution in [0.3, 0.4) is 0 Å². The Balaban J connectivity index is 1.91. The average molecular weight is 236 g/mol. The summed E-state index contributed by atoms with van der Waals surface area (Å²) in [4.78, 5) is 16.3. The number of likely N-dealkylation sites (N-methyl/N-ethyl adjacent to an activating group) is 1. The molecule has 1 aliphatic heterocycles. The summed E-state index contributed by atoms with van der Waals surface area (Å²) in [6, 6.07) is 5.76. The maximum atomic E-state index is 12.7. The summed E-state index contributed by atoms with van der Waals surface area (Å²) < 4.78 is 12.7. The van der Waals surface area contributed by atoms with Crippen molar-refractivity contribution in [2.24, 2.45) is 0 Å². The summed E-state index contributed by atoms with van der Waals surface area (Å²) in [5.74, 6) is -0.240. The molecule has 0 radical (unpaired) electrons. The van der Waals surface area contributed by atoms with Crippen LogP contribution in [0, 0.1) is 5.82 Å². The van der Waals surface area contributed by atoms with Crippen molar-refractivity contribution in [2.75, 3.05) is 39.8 Å². The summed E-state index contributed by atoms with van der Waals surface area (Å²) in [6.07, 6.45) is 0. The van der Waals surface area contributed by atoms with Gasteiger partial charge in [0, 0.05) is 31.7 Å². The summed E-state index contributed by atoms with van der Waals surface area (Å²) in [5, 5.41) is 0. The zero-order valence-electron chi connectivity index (χ0n) is 10.0. The second-order valence-corrected chi connectivity index (χ2v) is 4.51. The molecule has 1 aromatic rings. The highest BCUT2D eigenvalue weighted by Crippen LogP contribution is 2.06. The quantitative estimate of drug-likeness (QED) is 0.738. The molecule has 0 N–H and O–H groups in total. The smallest absolute Gasteiger partial charge is 0.176 e. The van der Waals surface area contributed by atoms with E-state index in [-0.39, 0.29) is 11.6 Å². The first-order chi connectivity index (χ1) is 8.15. The molecule has 2 rings (SSSR count). The van der Waals surface area contributed by atoms with Gasteiger partial charge in [-0.25, -0.2) is 4.39 Å². The van der Waals surface area contributed by atoms with Gasteiger partial charge in [0.1, 0.15) is 5.82 Å². The van der Waals surface area contributed by atoms with Crippen LogP contribution in [0.25, 0.3) is 0 Å². The summed E-state index contributed by atoms with van der Waals surface area (Å²) >= 11 is 0. The molecule has 17 heavy (non-hydrogen) atoms. The number of halogens is 1. The monoisotopic (exact) mass is 236 g/mol. The summed E-state index contributed by atoms with van der Waals surface area (Å²) in [7, 11) is 2.08. The normalized spacial score (nSPS) is 18.2. The molecule has 0 spiro atoms. The third-order valence-corrected chi connectivity index (χ3v) is 3.13. The van der Waals surface area contributed by atoms with Crippen LogP contribution in [0.4, 0.5) is 4.39 Å². The molecule has 1 aromatic carbocycles. The van der Waals surface area contributed by atoms with E-state index in [1.54, 1.807) is 12.1 Å². The Kier molecular flexibility index (Phi) is 3.86. The molecule has 3 nitrogen and oxygen atoms in total. The molecule has 92 valence electrons. The Morgan fingerprint density at radius 2 is 1.76 bits per heavy atom. The van der Waals surface area contributed by atoms with E-state index in [1.165, 1.54) is 12.1 Å². The third-order valence-electron chi connectivity index (χ3n) is 3.13. The number of nitrogens with zero attached hydrogens (tertiary/aromatic N) is 2. The predicted molar refractivity (Wildman–Crippen MR) is 64.7 cm³/mol. The van der Waals surface area contributed by atoms with Gasteiger partial charge in [-0.3, -0.25) is 9.69 Å². The molecule has 1 saturated heterocycles. The molecule has 0 unspecified atom stereocenters. The number of carbonyl (C=O) groups is 1. The van der Waals surface area contributed by atoms with Gasteiger partial charge < -0.3 is 4.90 Å². The lowest BCUT2D eigenvalue weighted by atomic mass is 10.1. The number of hydrogen-bond donors (Lipinski definition) is 0. The van der Waals surface area contributed by atoms with Crippen LogP contribution in [-0.4, -0.2) is 55.4 Å². The minimum atomic E-state index is -0.304. The highest BCUT2D eigenvalue weighted by molar-refractivity contribution is 5.97.